The fourth-order valence-electron chi connectivity index (χ4n) is 14.3. The lowest BCUT2D eigenvalue weighted by Crippen LogP contribution is -2.16. The van der Waals surface area contributed by atoms with E-state index in [0.717, 1.165) is 73.5 Å². The second kappa shape index (κ2) is 11.2. The van der Waals surface area contributed by atoms with Gasteiger partial charge in [0, 0.05) is 71.8 Å². The Morgan fingerprint density at radius 3 is 1.67 bits per heavy atom. The summed E-state index contributed by atoms with van der Waals surface area (Å²) in [4.78, 5) is 28.7. The number of fused-ring (bicyclic) bond motifs is 21. The average molecular weight is 789 g/mol. The zero-order valence-corrected chi connectivity index (χ0v) is 34.6. The van der Waals surface area contributed by atoms with E-state index in [1.165, 1.54) is 98.7 Å². The number of hydrogen-bond acceptors (Lipinski definition) is 2. The Morgan fingerprint density at radius 1 is 0.459 bits per heavy atom. The topological polar surface area (TPSA) is 43.5 Å². The molecule has 3 heterocycles. The van der Waals surface area contributed by atoms with Crippen LogP contribution in [0.5, 0.6) is 0 Å². The first-order valence-corrected chi connectivity index (χ1v) is 22.9. The van der Waals surface area contributed by atoms with Crippen molar-refractivity contribution in [2.75, 3.05) is 0 Å². The van der Waals surface area contributed by atoms with Crippen molar-refractivity contribution in [2.24, 2.45) is 11.8 Å². The van der Waals surface area contributed by atoms with Gasteiger partial charge in [0.05, 0.1) is 27.6 Å². The highest BCUT2D eigenvalue weighted by Crippen LogP contribution is 2.61. The number of ketones is 2. The summed E-state index contributed by atoms with van der Waals surface area (Å²) in [6, 6.07) is 41.0. The molecule has 4 heteroatoms. The Labute approximate surface area is 353 Å². The summed E-state index contributed by atoms with van der Waals surface area (Å²) in [7, 11) is 0. The summed E-state index contributed by atoms with van der Waals surface area (Å²) in [5.74, 6) is 1.76. The molecule has 4 nitrogen and oxygen atoms in total. The second-order valence-electron chi connectivity index (χ2n) is 20.0. The number of hydrogen-bond donors (Lipinski definition) is 0. The first-order chi connectivity index (χ1) is 29.9. The molecule has 0 N–H and O–H groups in total. The van der Waals surface area contributed by atoms with Gasteiger partial charge in [-0.05, 0) is 151 Å². The van der Waals surface area contributed by atoms with Gasteiger partial charge in [-0.1, -0.05) is 74.5 Å². The lowest BCUT2D eigenvalue weighted by Gasteiger charge is -2.25. The van der Waals surface area contributed by atoms with E-state index in [9.17, 15) is 9.59 Å². The van der Waals surface area contributed by atoms with E-state index in [0.29, 0.717) is 23.4 Å². The largest absolute Gasteiger partial charge is 0.309 e. The molecule has 10 aromatic rings. The molecule has 61 heavy (non-hydrogen) atoms. The number of aromatic nitrogens is 2. The standard InChI is InChI=1S/C57H44N2O2/c1-57(2)51-44(48-34-12-6-7-13-35(34)53-49(52(48)57)36-14-8-9-15-45(36)58(53)33-10-4-3-5-11-33)26-40-39-24-37-29-16-20-31(21-17-29)55(60)41(37)27-46(39)59-47-28-42-38(25-43(47)50(51)54(40)59)30-18-22-32(23-19-30)56(42)61/h3-15,24-32H,16-23H2,1-2H3. The molecular weight excluding hydrogens is 745 g/mol. The lowest BCUT2D eigenvalue weighted by atomic mass is 9.77. The van der Waals surface area contributed by atoms with Crippen LogP contribution < -0.4 is 0 Å². The maximum absolute atomic E-state index is 14.4. The van der Waals surface area contributed by atoms with Gasteiger partial charge in [-0.2, -0.15) is 0 Å². The van der Waals surface area contributed by atoms with Crippen LogP contribution in [-0.4, -0.2) is 20.5 Å². The molecule has 17 rings (SSSR count). The smallest absolute Gasteiger partial charge is 0.166 e. The Hall–Kier alpha value is -6.26. The van der Waals surface area contributed by atoms with E-state index in [1.54, 1.807) is 0 Å². The lowest BCUT2D eigenvalue weighted by molar-refractivity contribution is 0.0891. The molecule has 0 saturated heterocycles. The van der Waals surface area contributed by atoms with Crippen LogP contribution in [-0.2, 0) is 5.41 Å². The van der Waals surface area contributed by atoms with Gasteiger partial charge in [0.15, 0.2) is 11.6 Å². The summed E-state index contributed by atoms with van der Waals surface area (Å²) in [5.41, 5.74) is 16.6. The molecular formula is C57H44N2O2. The summed E-state index contributed by atoms with van der Waals surface area (Å²) in [6.45, 7) is 4.94. The van der Waals surface area contributed by atoms with Crippen LogP contribution in [0, 0.1) is 11.8 Å². The Kier molecular flexibility index (Phi) is 6.12. The van der Waals surface area contributed by atoms with E-state index in [2.05, 4.69) is 132 Å². The minimum Gasteiger partial charge on any atom is -0.309 e. The highest BCUT2D eigenvalue weighted by molar-refractivity contribution is 6.31. The van der Waals surface area contributed by atoms with E-state index in [1.807, 2.05) is 0 Å². The van der Waals surface area contributed by atoms with Gasteiger partial charge in [0.1, 0.15) is 0 Å². The predicted molar refractivity (Wildman–Crippen MR) is 249 cm³/mol. The van der Waals surface area contributed by atoms with Crippen molar-refractivity contribution in [3.63, 3.8) is 0 Å². The van der Waals surface area contributed by atoms with Gasteiger partial charge in [0.2, 0.25) is 0 Å². The van der Waals surface area contributed by atoms with Gasteiger partial charge >= 0.3 is 0 Å². The molecule has 0 atom stereocenters. The van der Waals surface area contributed by atoms with Crippen molar-refractivity contribution >= 4 is 82.2 Å². The van der Waals surface area contributed by atoms with Crippen LogP contribution in [0.25, 0.3) is 87.5 Å². The van der Waals surface area contributed by atoms with Crippen molar-refractivity contribution in [3.8, 4) is 16.8 Å². The molecule has 4 bridgehead atoms. The Balaban J connectivity index is 1.16. The molecule has 3 aromatic heterocycles. The van der Waals surface area contributed by atoms with E-state index < -0.39 is 0 Å². The second-order valence-corrected chi connectivity index (χ2v) is 20.0. The predicted octanol–water partition coefficient (Wildman–Crippen LogP) is 14.3. The van der Waals surface area contributed by atoms with Crippen molar-refractivity contribution in [1.82, 2.24) is 8.97 Å². The number of para-hydroxylation sites is 2. The van der Waals surface area contributed by atoms with Gasteiger partial charge in [-0.25, -0.2) is 0 Å². The minimum atomic E-state index is -0.377. The van der Waals surface area contributed by atoms with E-state index in [-0.39, 0.29) is 17.3 Å². The Morgan fingerprint density at radius 2 is 1.00 bits per heavy atom. The van der Waals surface area contributed by atoms with Crippen LogP contribution >= 0.6 is 0 Å². The van der Waals surface area contributed by atoms with Crippen molar-refractivity contribution in [2.45, 2.75) is 82.5 Å². The van der Waals surface area contributed by atoms with Crippen LogP contribution in [0.1, 0.15) is 120 Å². The molecule has 0 amide bonds. The number of carbonyl (C=O) groups excluding carboxylic acids is 2. The number of Topliss-reactive ketones (excluding diaryl/α,β-unsaturated/α-hetero) is 2. The third-order valence-corrected chi connectivity index (χ3v) is 16.9. The molecule has 0 radical (unpaired) electrons. The molecule has 294 valence electrons. The molecule has 0 unspecified atom stereocenters. The summed E-state index contributed by atoms with van der Waals surface area (Å²) >= 11 is 0. The number of nitrogens with zero attached hydrogens (tertiary/aromatic N) is 2. The zero-order valence-electron chi connectivity index (χ0n) is 34.6. The fourth-order valence-corrected chi connectivity index (χ4v) is 14.3. The summed E-state index contributed by atoms with van der Waals surface area (Å²) in [5, 5.41) is 10.2. The first-order valence-electron chi connectivity index (χ1n) is 22.9. The number of rotatable bonds is 1. The number of carbonyl (C=O) groups is 2. The molecule has 7 aromatic carbocycles. The third kappa shape index (κ3) is 3.91. The van der Waals surface area contributed by atoms with Gasteiger partial charge < -0.3 is 8.97 Å². The van der Waals surface area contributed by atoms with Crippen molar-refractivity contribution < 1.29 is 9.59 Å². The van der Waals surface area contributed by atoms with Crippen LogP contribution in [0.3, 0.4) is 0 Å². The van der Waals surface area contributed by atoms with E-state index >= 15 is 0 Å². The first kappa shape index (κ1) is 33.5. The monoisotopic (exact) mass is 788 g/mol. The third-order valence-electron chi connectivity index (χ3n) is 16.9. The van der Waals surface area contributed by atoms with Crippen molar-refractivity contribution in [3.05, 3.63) is 143 Å². The van der Waals surface area contributed by atoms with Gasteiger partial charge in [-0.3, -0.25) is 9.59 Å². The Bertz CT molecular complexity index is 3680. The highest BCUT2D eigenvalue weighted by Gasteiger charge is 2.44. The quantitative estimate of drug-likeness (QED) is 0.166. The SMILES string of the molecule is CC1(C)c2c(c3ccccc3c3c2c2ccccc2n3-c2ccccc2)-c2cc3c4cc5c(cc4n4c6cc7c(cc6c(c21)c34)C1CCC(CC1)C7=O)C(=O)C1CCC5CC1. The summed E-state index contributed by atoms with van der Waals surface area (Å²) < 4.78 is 4.99. The highest BCUT2D eigenvalue weighted by atomic mass is 16.1. The average Bonchev–Trinajstić information content (AvgIpc) is 3.89. The maximum atomic E-state index is 14.4. The molecule has 0 aliphatic heterocycles. The minimum absolute atomic E-state index is 0.121. The molecule has 0 spiro atoms. The fraction of sp³-hybridized carbons (Fsp3) is 0.263. The van der Waals surface area contributed by atoms with Crippen LogP contribution in [0.4, 0.5) is 0 Å². The molecule has 2 fully saturated rings. The molecule has 7 aliphatic rings. The number of benzene rings is 7. The molecule has 2 saturated carbocycles. The zero-order chi connectivity index (χ0) is 40.2. The van der Waals surface area contributed by atoms with Crippen LogP contribution in [0.15, 0.2) is 109 Å². The maximum Gasteiger partial charge on any atom is 0.166 e. The normalized spacial score (nSPS) is 22.6. The summed E-state index contributed by atoms with van der Waals surface area (Å²) in [6.07, 6.45) is 8.32. The van der Waals surface area contributed by atoms with Crippen LogP contribution in [0.2, 0.25) is 0 Å². The van der Waals surface area contributed by atoms with E-state index in [4.69, 9.17) is 0 Å². The van der Waals surface area contributed by atoms with Gasteiger partial charge in [-0.15, -0.1) is 0 Å². The van der Waals surface area contributed by atoms with Gasteiger partial charge in [0.25, 0.3) is 0 Å². The van der Waals surface area contributed by atoms with Crippen molar-refractivity contribution in [1.29, 1.82) is 0 Å². The molecule has 7 aliphatic carbocycles.